The third-order valence-electron chi connectivity index (χ3n) is 4.22. The van der Waals surface area contributed by atoms with Crippen LogP contribution in [0.25, 0.3) is 11.1 Å². The third-order valence-corrected chi connectivity index (χ3v) is 4.22. The quantitative estimate of drug-likeness (QED) is 0.685. The van der Waals surface area contributed by atoms with Crippen LogP contribution in [0.15, 0.2) is 79.1 Å². The minimum Gasteiger partial charge on any atom is -0.467 e. The Morgan fingerprint density at radius 1 is 0.963 bits per heavy atom. The first-order chi connectivity index (χ1) is 13.2. The van der Waals surface area contributed by atoms with Crippen LogP contribution in [0, 0.1) is 0 Å². The van der Waals surface area contributed by atoms with Crippen LogP contribution < -0.4 is 5.32 Å². The molecule has 0 unspecified atom stereocenters. The van der Waals surface area contributed by atoms with Gasteiger partial charge in [0.1, 0.15) is 6.04 Å². The Hall–Kier alpha value is -3.47. The Morgan fingerprint density at radius 2 is 1.67 bits per heavy atom. The molecule has 5 heteroatoms. The number of methoxy groups -OCH3 is 1. The predicted molar refractivity (Wildman–Crippen MR) is 103 cm³/mol. The Kier molecular flexibility index (Phi) is 5.94. The first-order valence-electron chi connectivity index (χ1n) is 8.60. The van der Waals surface area contributed by atoms with Gasteiger partial charge in [-0.15, -0.1) is 0 Å². The van der Waals surface area contributed by atoms with Crippen molar-refractivity contribution in [1.29, 1.82) is 0 Å². The SMILES string of the molecule is COC(=O)[C@@H](Cc1ccc(-c2ccccc2)cc1)NC(=O)c1cccnc1. The van der Waals surface area contributed by atoms with Crippen molar-refractivity contribution in [3.63, 3.8) is 0 Å². The molecule has 0 bridgehead atoms. The number of ether oxygens (including phenoxy) is 1. The third kappa shape index (κ3) is 4.79. The first-order valence-corrected chi connectivity index (χ1v) is 8.60. The largest absolute Gasteiger partial charge is 0.467 e. The lowest BCUT2D eigenvalue weighted by Crippen LogP contribution is -2.43. The average Bonchev–Trinajstić information content (AvgIpc) is 2.74. The van der Waals surface area contributed by atoms with Crippen molar-refractivity contribution >= 4 is 11.9 Å². The zero-order chi connectivity index (χ0) is 19.1. The van der Waals surface area contributed by atoms with E-state index in [2.05, 4.69) is 10.3 Å². The maximum atomic E-state index is 12.3. The second kappa shape index (κ2) is 8.76. The summed E-state index contributed by atoms with van der Waals surface area (Å²) in [5, 5.41) is 2.73. The minimum atomic E-state index is -0.773. The molecule has 0 aliphatic carbocycles. The lowest BCUT2D eigenvalue weighted by atomic mass is 10.0. The van der Waals surface area contributed by atoms with Gasteiger partial charge in [-0.25, -0.2) is 4.79 Å². The number of benzene rings is 2. The maximum absolute atomic E-state index is 12.3. The van der Waals surface area contributed by atoms with E-state index in [1.165, 1.54) is 13.3 Å². The highest BCUT2D eigenvalue weighted by Gasteiger charge is 2.22. The Balaban J connectivity index is 1.73. The van der Waals surface area contributed by atoms with Gasteiger partial charge in [-0.3, -0.25) is 9.78 Å². The Morgan fingerprint density at radius 3 is 2.30 bits per heavy atom. The van der Waals surface area contributed by atoms with Gasteiger partial charge < -0.3 is 10.1 Å². The van der Waals surface area contributed by atoms with Crippen LogP contribution in [0.3, 0.4) is 0 Å². The van der Waals surface area contributed by atoms with Crippen molar-refractivity contribution in [3.05, 3.63) is 90.3 Å². The van der Waals surface area contributed by atoms with Crippen LogP contribution in [-0.4, -0.2) is 30.0 Å². The van der Waals surface area contributed by atoms with Crippen LogP contribution >= 0.6 is 0 Å². The molecule has 1 heterocycles. The number of nitrogens with zero attached hydrogens (tertiary/aromatic N) is 1. The molecule has 0 fully saturated rings. The van der Waals surface area contributed by atoms with Gasteiger partial charge in [-0.1, -0.05) is 54.6 Å². The fourth-order valence-electron chi connectivity index (χ4n) is 2.77. The molecule has 0 aliphatic rings. The molecule has 1 atom stereocenters. The molecule has 0 aliphatic heterocycles. The molecule has 0 saturated carbocycles. The van der Waals surface area contributed by atoms with Gasteiger partial charge in [-0.2, -0.15) is 0 Å². The molecule has 3 rings (SSSR count). The number of rotatable bonds is 6. The van der Waals surface area contributed by atoms with Gasteiger partial charge in [0.2, 0.25) is 0 Å². The number of esters is 1. The topological polar surface area (TPSA) is 68.3 Å². The van der Waals surface area contributed by atoms with E-state index in [9.17, 15) is 9.59 Å². The van der Waals surface area contributed by atoms with Gasteiger partial charge in [-0.05, 0) is 28.8 Å². The molecular weight excluding hydrogens is 340 g/mol. The highest BCUT2D eigenvalue weighted by molar-refractivity contribution is 5.96. The van der Waals surface area contributed by atoms with Gasteiger partial charge in [0.25, 0.3) is 5.91 Å². The summed E-state index contributed by atoms with van der Waals surface area (Å²) in [4.78, 5) is 28.4. The summed E-state index contributed by atoms with van der Waals surface area (Å²) >= 11 is 0. The minimum absolute atomic E-state index is 0.341. The van der Waals surface area contributed by atoms with Crippen LogP contribution in [0.1, 0.15) is 15.9 Å². The molecule has 2 aromatic carbocycles. The number of carbonyl (C=O) groups is 2. The molecule has 1 N–H and O–H groups in total. The van der Waals surface area contributed by atoms with Crippen molar-refractivity contribution in [2.75, 3.05) is 7.11 Å². The number of amides is 1. The molecule has 1 aromatic heterocycles. The van der Waals surface area contributed by atoms with Crippen molar-refractivity contribution in [2.45, 2.75) is 12.5 Å². The standard InChI is InChI=1S/C22H20N2O3/c1-27-22(26)20(24-21(25)19-8-5-13-23-15-19)14-16-9-11-18(12-10-16)17-6-3-2-4-7-17/h2-13,15,20H,14H2,1H3,(H,24,25)/t20-/m1/s1. The number of pyridine rings is 1. The summed E-state index contributed by atoms with van der Waals surface area (Å²) in [6.07, 6.45) is 3.38. The van der Waals surface area contributed by atoms with Crippen LogP contribution in [0.4, 0.5) is 0 Å². The summed E-state index contributed by atoms with van der Waals surface area (Å²) in [6, 6.07) is 20.5. The van der Waals surface area contributed by atoms with Crippen molar-refractivity contribution in [3.8, 4) is 11.1 Å². The molecule has 3 aromatic rings. The van der Waals surface area contributed by atoms with Crippen molar-refractivity contribution < 1.29 is 14.3 Å². The highest BCUT2D eigenvalue weighted by atomic mass is 16.5. The number of aromatic nitrogens is 1. The normalized spacial score (nSPS) is 11.4. The Labute approximate surface area is 158 Å². The zero-order valence-corrected chi connectivity index (χ0v) is 15.0. The van der Waals surface area contributed by atoms with Crippen molar-refractivity contribution in [1.82, 2.24) is 10.3 Å². The molecule has 0 radical (unpaired) electrons. The predicted octanol–water partition coefficient (Wildman–Crippen LogP) is 3.26. The van der Waals surface area contributed by atoms with E-state index >= 15 is 0 Å². The Bertz CT molecular complexity index is 894. The number of hydrogen-bond donors (Lipinski definition) is 1. The van der Waals surface area contributed by atoms with E-state index in [0.717, 1.165) is 16.7 Å². The lowest BCUT2D eigenvalue weighted by molar-refractivity contribution is -0.142. The summed E-state index contributed by atoms with van der Waals surface area (Å²) in [7, 11) is 1.31. The fourth-order valence-corrected chi connectivity index (χ4v) is 2.77. The van der Waals surface area contributed by atoms with E-state index < -0.39 is 12.0 Å². The molecule has 5 nitrogen and oxygen atoms in total. The van der Waals surface area contributed by atoms with Crippen LogP contribution in [0.5, 0.6) is 0 Å². The number of nitrogens with one attached hydrogen (secondary N) is 1. The van der Waals surface area contributed by atoms with E-state index in [-0.39, 0.29) is 5.91 Å². The zero-order valence-electron chi connectivity index (χ0n) is 15.0. The van der Waals surface area contributed by atoms with Crippen molar-refractivity contribution in [2.24, 2.45) is 0 Å². The number of hydrogen-bond acceptors (Lipinski definition) is 4. The summed E-state index contributed by atoms with van der Waals surface area (Å²) in [6.45, 7) is 0. The van der Waals surface area contributed by atoms with Crippen LogP contribution in [0.2, 0.25) is 0 Å². The van der Waals surface area contributed by atoms with E-state index in [1.54, 1.807) is 18.3 Å². The fraction of sp³-hybridized carbons (Fsp3) is 0.136. The number of carbonyl (C=O) groups excluding carboxylic acids is 2. The van der Waals surface area contributed by atoms with E-state index in [4.69, 9.17) is 4.74 Å². The molecular formula is C22H20N2O3. The summed E-state index contributed by atoms with van der Waals surface area (Å²) < 4.78 is 4.85. The molecule has 0 spiro atoms. The smallest absolute Gasteiger partial charge is 0.328 e. The first kappa shape index (κ1) is 18.3. The van der Waals surface area contributed by atoms with Gasteiger partial charge >= 0.3 is 5.97 Å². The average molecular weight is 360 g/mol. The second-order valence-electron chi connectivity index (χ2n) is 6.06. The second-order valence-corrected chi connectivity index (χ2v) is 6.06. The summed E-state index contributed by atoms with van der Waals surface area (Å²) in [5.41, 5.74) is 3.54. The molecule has 27 heavy (non-hydrogen) atoms. The van der Waals surface area contributed by atoms with Gasteiger partial charge in [0.05, 0.1) is 12.7 Å². The highest BCUT2D eigenvalue weighted by Crippen LogP contribution is 2.20. The van der Waals surface area contributed by atoms with E-state index in [1.807, 2.05) is 54.6 Å². The summed E-state index contributed by atoms with van der Waals surface area (Å²) in [5.74, 6) is -0.848. The monoisotopic (exact) mass is 360 g/mol. The van der Waals surface area contributed by atoms with Gasteiger partial charge in [0.15, 0.2) is 0 Å². The van der Waals surface area contributed by atoms with Gasteiger partial charge in [0, 0.05) is 18.8 Å². The maximum Gasteiger partial charge on any atom is 0.328 e. The van der Waals surface area contributed by atoms with Crippen LogP contribution in [-0.2, 0) is 16.0 Å². The van der Waals surface area contributed by atoms with E-state index in [0.29, 0.717) is 12.0 Å². The lowest BCUT2D eigenvalue weighted by Gasteiger charge is -2.17. The molecule has 136 valence electrons. The molecule has 1 amide bonds. The molecule has 0 saturated heterocycles.